The second-order valence-corrected chi connectivity index (χ2v) is 5.40. The Kier molecular flexibility index (Phi) is 7.20. The third kappa shape index (κ3) is 6.16. The van der Waals surface area contributed by atoms with Crippen LogP contribution in [0, 0.1) is 11.3 Å². The first kappa shape index (κ1) is 14.9. The van der Waals surface area contributed by atoms with Crippen LogP contribution in [0.15, 0.2) is 0 Å². The normalized spacial score (nSPS) is 17.8. The van der Waals surface area contributed by atoms with Crippen molar-refractivity contribution in [1.29, 1.82) is 0 Å². The van der Waals surface area contributed by atoms with E-state index in [0.29, 0.717) is 5.41 Å². The predicted octanol–water partition coefficient (Wildman–Crippen LogP) is 2.60. The van der Waals surface area contributed by atoms with E-state index < -0.39 is 0 Å². The Morgan fingerprint density at radius 3 is 2.33 bits per heavy atom. The zero-order chi connectivity index (χ0) is 11.9. The van der Waals surface area contributed by atoms with E-state index in [-0.39, 0.29) is 0 Å². The fourth-order valence-corrected chi connectivity index (χ4v) is 2.10. The zero-order valence-corrected chi connectivity index (χ0v) is 11.6. The van der Waals surface area contributed by atoms with Crippen molar-refractivity contribution < 1.29 is 0 Å². The van der Waals surface area contributed by atoms with Gasteiger partial charge in [-0.05, 0) is 31.8 Å². The summed E-state index contributed by atoms with van der Waals surface area (Å²) in [7, 11) is 4.29. The van der Waals surface area contributed by atoms with E-state index >= 15 is 0 Å². The van der Waals surface area contributed by atoms with Crippen molar-refractivity contribution in [2.24, 2.45) is 11.3 Å². The van der Waals surface area contributed by atoms with E-state index in [1.54, 1.807) is 0 Å². The number of nitrogens with one attached hydrogen (secondary N) is 1. The van der Waals surface area contributed by atoms with Crippen molar-refractivity contribution in [1.82, 2.24) is 10.2 Å². The topological polar surface area (TPSA) is 15.3 Å². The molecule has 92 valence electrons. The summed E-state index contributed by atoms with van der Waals surface area (Å²) in [4.78, 5) is 2.48. The number of rotatable bonds is 8. The minimum atomic E-state index is 0.414. The van der Waals surface area contributed by atoms with Crippen LogP contribution in [0.5, 0.6) is 0 Å². The van der Waals surface area contributed by atoms with Gasteiger partial charge >= 0.3 is 0 Å². The van der Waals surface area contributed by atoms with Gasteiger partial charge in [0.25, 0.3) is 0 Å². The van der Waals surface area contributed by atoms with Crippen molar-refractivity contribution >= 4 is 0 Å². The lowest BCUT2D eigenvalue weighted by Crippen LogP contribution is -2.41. The molecule has 0 aromatic heterocycles. The highest BCUT2D eigenvalue weighted by atomic mass is 15.1. The smallest absolute Gasteiger partial charge is 0.00444 e. The van der Waals surface area contributed by atoms with Crippen molar-refractivity contribution in [3.05, 3.63) is 0 Å². The van der Waals surface area contributed by atoms with Gasteiger partial charge in [-0.2, -0.15) is 0 Å². The largest absolute Gasteiger partial charge is 0.319 e. The van der Waals surface area contributed by atoms with Gasteiger partial charge in [0.05, 0.1) is 0 Å². The van der Waals surface area contributed by atoms with E-state index in [2.05, 4.69) is 45.0 Å². The Morgan fingerprint density at radius 2 is 1.93 bits per heavy atom. The quantitative estimate of drug-likeness (QED) is 0.668. The first-order valence-electron chi connectivity index (χ1n) is 6.30. The molecule has 0 saturated heterocycles. The van der Waals surface area contributed by atoms with Gasteiger partial charge < -0.3 is 10.2 Å². The fourth-order valence-electron chi connectivity index (χ4n) is 2.10. The van der Waals surface area contributed by atoms with E-state index in [0.717, 1.165) is 12.5 Å². The first-order valence-corrected chi connectivity index (χ1v) is 6.30. The Balaban J connectivity index is 4.05. The molecule has 1 N–H and O–H groups in total. The molecule has 0 aromatic carbocycles. The Hall–Kier alpha value is -0.0800. The molecule has 0 aliphatic rings. The molecule has 0 rings (SSSR count). The van der Waals surface area contributed by atoms with Crippen LogP contribution in [0.25, 0.3) is 0 Å². The average Bonchev–Trinajstić information content (AvgIpc) is 2.17. The lowest BCUT2D eigenvalue weighted by atomic mass is 9.86. The summed E-state index contributed by atoms with van der Waals surface area (Å²) in [5, 5.41) is 3.31. The van der Waals surface area contributed by atoms with Gasteiger partial charge in [-0.15, -0.1) is 0 Å². The van der Waals surface area contributed by atoms with Crippen LogP contribution >= 0.6 is 0 Å². The van der Waals surface area contributed by atoms with Gasteiger partial charge in [0.2, 0.25) is 0 Å². The number of hydrogen-bond donors (Lipinski definition) is 1. The van der Waals surface area contributed by atoms with Crippen LogP contribution in [0.4, 0.5) is 0 Å². The van der Waals surface area contributed by atoms with Crippen molar-refractivity contribution in [3.8, 4) is 0 Å². The molecule has 15 heavy (non-hydrogen) atoms. The minimum Gasteiger partial charge on any atom is -0.319 e. The predicted molar refractivity (Wildman–Crippen MR) is 69.3 cm³/mol. The Labute approximate surface area is 96.4 Å². The molecule has 0 spiro atoms. The number of hydrogen-bond acceptors (Lipinski definition) is 2. The van der Waals surface area contributed by atoms with Crippen LogP contribution in [-0.2, 0) is 0 Å². The molecule has 2 heteroatoms. The van der Waals surface area contributed by atoms with Crippen LogP contribution in [-0.4, -0.2) is 38.6 Å². The maximum atomic E-state index is 3.31. The lowest BCUT2D eigenvalue weighted by molar-refractivity contribution is 0.167. The molecule has 0 aliphatic carbocycles. The Bertz CT molecular complexity index is 159. The molecule has 0 aliphatic heterocycles. The molecule has 0 saturated carbocycles. The monoisotopic (exact) mass is 214 g/mol. The van der Waals surface area contributed by atoms with E-state index in [1.807, 2.05) is 7.05 Å². The molecular weight excluding hydrogens is 184 g/mol. The fraction of sp³-hybridized carbons (Fsp3) is 1.00. The SMILES string of the molecule is CCC(C)CN(C)CC(C)(CC)CNC. The molecule has 0 fully saturated rings. The van der Waals surface area contributed by atoms with Gasteiger partial charge in [0.15, 0.2) is 0 Å². The summed E-state index contributed by atoms with van der Waals surface area (Å²) >= 11 is 0. The standard InChI is InChI=1S/C13H30N2/c1-7-12(3)9-15(6)11-13(4,8-2)10-14-5/h12,14H,7-11H2,1-6H3. The molecule has 0 bridgehead atoms. The van der Waals surface area contributed by atoms with Gasteiger partial charge in [-0.1, -0.05) is 34.1 Å². The second-order valence-electron chi connectivity index (χ2n) is 5.40. The Morgan fingerprint density at radius 1 is 1.33 bits per heavy atom. The van der Waals surface area contributed by atoms with Gasteiger partial charge in [0.1, 0.15) is 0 Å². The summed E-state index contributed by atoms with van der Waals surface area (Å²) in [5.74, 6) is 0.811. The van der Waals surface area contributed by atoms with Crippen LogP contribution in [0.2, 0.25) is 0 Å². The molecule has 2 unspecified atom stereocenters. The third-order valence-corrected chi connectivity index (χ3v) is 3.43. The van der Waals surface area contributed by atoms with E-state index in [4.69, 9.17) is 0 Å². The first-order chi connectivity index (χ1) is 6.97. The van der Waals surface area contributed by atoms with Gasteiger partial charge in [-0.3, -0.25) is 0 Å². The molecule has 2 atom stereocenters. The van der Waals surface area contributed by atoms with Crippen molar-refractivity contribution in [3.63, 3.8) is 0 Å². The molecule has 2 nitrogen and oxygen atoms in total. The maximum Gasteiger partial charge on any atom is 0.00444 e. The third-order valence-electron chi connectivity index (χ3n) is 3.43. The second kappa shape index (κ2) is 7.24. The summed E-state index contributed by atoms with van der Waals surface area (Å²) < 4.78 is 0. The average molecular weight is 214 g/mol. The highest BCUT2D eigenvalue weighted by molar-refractivity contribution is 4.78. The van der Waals surface area contributed by atoms with E-state index in [1.165, 1.54) is 25.9 Å². The van der Waals surface area contributed by atoms with E-state index in [9.17, 15) is 0 Å². The molecule has 0 amide bonds. The molecule has 0 aromatic rings. The number of nitrogens with zero attached hydrogens (tertiary/aromatic N) is 1. The summed E-state index contributed by atoms with van der Waals surface area (Å²) in [6.07, 6.45) is 2.51. The van der Waals surface area contributed by atoms with Crippen LogP contribution < -0.4 is 5.32 Å². The zero-order valence-electron chi connectivity index (χ0n) is 11.6. The summed E-state index contributed by atoms with van der Waals surface area (Å²) in [6, 6.07) is 0. The molecular formula is C13H30N2. The maximum absolute atomic E-state index is 3.31. The molecule has 0 heterocycles. The highest BCUT2D eigenvalue weighted by Crippen LogP contribution is 2.21. The van der Waals surface area contributed by atoms with Crippen LogP contribution in [0.3, 0.4) is 0 Å². The highest BCUT2D eigenvalue weighted by Gasteiger charge is 2.23. The van der Waals surface area contributed by atoms with Crippen molar-refractivity contribution in [2.45, 2.75) is 40.5 Å². The lowest BCUT2D eigenvalue weighted by Gasteiger charge is -2.34. The van der Waals surface area contributed by atoms with Gasteiger partial charge in [0, 0.05) is 19.6 Å². The van der Waals surface area contributed by atoms with Crippen LogP contribution in [0.1, 0.15) is 40.5 Å². The summed E-state index contributed by atoms with van der Waals surface area (Å²) in [5.41, 5.74) is 0.414. The van der Waals surface area contributed by atoms with Crippen molar-refractivity contribution in [2.75, 3.05) is 33.7 Å². The molecule has 0 radical (unpaired) electrons. The van der Waals surface area contributed by atoms with Gasteiger partial charge in [-0.25, -0.2) is 0 Å². The minimum absolute atomic E-state index is 0.414. The summed E-state index contributed by atoms with van der Waals surface area (Å²) in [6.45, 7) is 12.8.